The minimum absolute atomic E-state index is 0.182. The average molecular weight is 576 g/mol. The molecule has 3 heterocycles. The summed E-state index contributed by atoms with van der Waals surface area (Å²) in [6, 6.07) is 26.2. The van der Waals surface area contributed by atoms with Crippen molar-refractivity contribution in [3.63, 3.8) is 0 Å². The summed E-state index contributed by atoms with van der Waals surface area (Å²) in [5.74, 6) is -0.328. The highest BCUT2D eigenvalue weighted by molar-refractivity contribution is 7.07. The van der Waals surface area contributed by atoms with Crippen molar-refractivity contribution in [1.82, 2.24) is 4.57 Å². The molecule has 0 saturated carbocycles. The number of amides is 1. The van der Waals surface area contributed by atoms with Crippen LogP contribution in [-0.2, 0) is 4.79 Å². The van der Waals surface area contributed by atoms with Gasteiger partial charge in [-0.1, -0.05) is 71.5 Å². The first kappa shape index (κ1) is 26.9. The number of hydrogen-bond donors (Lipinski definition) is 2. The zero-order valence-electron chi connectivity index (χ0n) is 22.7. The number of hydrogen-bond acceptors (Lipinski definition) is 6. The van der Waals surface area contributed by atoms with Crippen LogP contribution in [0.2, 0.25) is 0 Å². The Morgan fingerprint density at radius 1 is 0.952 bits per heavy atom. The normalized spacial score (nSPS) is 14.8. The van der Waals surface area contributed by atoms with Crippen LogP contribution in [0.25, 0.3) is 17.4 Å². The maximum atomic E-state index is 13.9. The predicted molar refractivity (Wildman–Crippen MR) is 161 cm³/mol. The van der Waals surface area contributed by atoms with Crippen molar-refractivity contribution in [2.24, 2.45) is 4.99 Å². The molecule has 1 atom stereocenters. The molecule has 0 spiro atoms. The second-order valence-corrected chi connectivity index (χ2v) is 10.9. The van der Waals surface area contributed by atoms with E-state index in [-0.39, 0.29) is 17.0 Å². The Morgan fingerprint density at radius 2 is 1.67 bits per heavy atom. The number of aromatic carboxylic acids is 1. The van der Waals surface area contributed by atoms with Crippen molar-refractivity contribution in [2.75, 3.05) is 5.32 Å². The maximum absolute atomic E-state index is 13.9. The number of rotatable bonds is 6. The number of thiazole rings is 1. The van der Waals surface area contributed by atoms with Gasteiger partial charge in [0, 0.05) is 17.3 Å². The molecular weight excluding hydrogens is 550 g/mol. The van der Waals surface area contributed by atoms with Gasteiger partial charge in [0.15, 0.2) is 4.80 Å². The zero-order chi connectivity index (χ0) is 29.4. The van der Waals surface area contributed by atoms with Gasteiger partial charge in [-0.15, -0.1) is 0 Å². The first-order chi connectivity index (χ1) is 20.3. The molecule has 0 bridgehead atoms. The third-order valence-corrected chi connectivity index (χ3v) is 7.99. The minimum Gasteiger partial charge on any atom is -0.478 e. The van der Waals surface area contributed by atoms with Gasteiger partial charge in [-0.2, -0.15) is 0 Å². The van der Waals surface area contributed by atoms with Crippen LogP contribution in [0.3, 0.4) is 0 Å². The molecule has 0 saturated heterocycles. The Bertz CT molecular complexity index is 2030. The fourth-order valence-electron chi connectivity index (χ4n) is 4.89. The first-order valence-electron chi connectivity index (χ1n) is 13.2. The Morgan fingerprint density at radius 3 is 2.36 bits per heavy atom. The van der Waals surface area contributed by atoms with Crippen molar-refractivity contribution in [3.8, 4) is 11.3 Å². The SMILES string of the molecule is CC1=C(C(=O)Nc2ccccc2)C(c2ccc(C)cc2)n2c(s/c(=C\c3ccc(-c4ccc(C(=O)O)cc4)o3)c2=O)=N1. The largest absolute Gasteiger partial charge is 0.478 e. The quantitative estimate of drug-likeness (QED) is 0.291. The number of carbonyl (C=O) groups is 2. The van der Waals surface area contributed by atoms with Crippen LogP contribution in [-0.4, -0.2) is 21.6 Å². The van der Waals surface area contributed by atoms with E-state index in [0.29, 0.717) is 43.4 Å². The molecular formula is C33H25N3O5S. The van der Waals surface area contributed by atoms with Crippen LogP contribution >= 0.6 is 11.3 Å². The number of para-hydroxylation sites is 1. The highest BCUT2D eigenvalue weighted by Gasteiger charge is 2.32. The summed E-state index contributed by atoms with van der Waals surface area (Å²) >= 11 is 1.23. The van der Waals surface area contributed by atoms with E-state index in [2.05, 4.69) is 10.3 Å². The highest BCUT2D eigenvalue weighted by Crippen LogP contribution is 2.31. The van der Waals surface area contributed by atoms with Gasteiger partial charge in [-0.25, -0.2) is 9.79 Å². The Kier molecular flexibility index (Phi) is 7.02. The van der Waals surface area contributed by atoms with Crippen LogP contribution < -0.4 is 20.2 Å². The number of aryl methyl sites for hydroxylation is 1. The van der Waals surface area contributed by atoms with Crippen LogP contribution in [0.1, 0.15) is 40.2 Å². The lowest BCUT2D eigenvalue weighted by molar-refractivity contribution is -0.113. The molecule has 0 fully saturated rings. The molecule has 1 aliphatic rings. The smallest absolute Gasteiger partial charge is 0.335 e. The average Bonchev–Trinajstić information content (AvgIpc) is 3.57. The van der Waals surface area contributed by atoms with Crippen molar-refractivity contribution in [3.05, 3.63) is 144 Å². The molecule has 1 aliphatic heterocycles. The van der Waals surface area contributed by atoms with E-state index in [9.17, 15) is 14.4 Å². The molecule has 1 unspecified atom stereocenters. The van der Waals surface area contributed by atoms with E-state index in [1.165, 1.54) is 23.5 Å². The minimum atomic E-state index is -1.00. The van der Waals surface area contributed by atoms with Crippen molar-refractivity contribution >= 4 is 35.0 Å². The van der Waals surface area contributed by atoms with Gasteiger partial charge < -0.3 is 14.8 Å². The summed E-state index contributed by atoms with van der Waals surface area (Å²) in [6.07, 6.45) is 1.66. The monoisotopic (exact) mass is 575 g/mol. The third-order valence-electron chi connectivity index (χ3n) is 7.01. The topological polar surface area (TPSA) is 114 Å². The molecule has 2 N–H and O–H groups in total. The molecule has 9 heteroatoms. The number of aromatic nitrogens is 1. The van der Waals surface area contributed by atoms with Crippen LogP contribution in [0, 0.1) is 6.92 Å². The standard InChI is InChI=1S/C33H25N3O5S/c1-19-8-10-22(11-9-19)29-28(30(37)35-24-6-4-3-5-7-24)20(2)34-33-36(29)31(38)27(42-33)18-25-16-17-26(41-25)21-12-14-23(15-13-21)32(39)40/h3-18,29H,1-2H3,(H,35,37)(H,39,40)/b27-18-. The van der Waals surface area contributed by atoms with E-state index in [4.69, 9.17) is 9.52 Å². The number of carboxylic acid groups (broad SMARTS) is 1. The second-order valence-electron chi connectivity index (χ2n) is 9.90. The van der Waals surface area contributed by atoms with E-state index in [1.807, 2.05) is 61.5 Å². The first-order valence-corrected chi connectivity index (χ1v) is 14.0. The molecule has 208 valence electrons. The molecule has 8 nitrogen and oxygen atoms in total. The van der Waals surface area contributed by atoms with Gasteiger partial charge in [0.25, 0.3) is 11.5 Å². The molecule has 0 radical (unpaired) electrons. The number of benzene rings is 3. The van der Waals surface area contributed by atoms with Gasteiger partial charge in [0.05, 0.1) is 27.4 Å². The fourth-order valence-corrected chi connectivity index (χ4v) is 5.91. The zero-order valence-corrected chi connectivity index (χ0v) is 23.5. The Hall–Kier alpha value is -5.28. The van der Waals surface area contributed by atoms with Gasteiger partial charge >= 0.3 is 5.97 Å². The van der Waals surface area contributed by atoms with Crippen LogP contribution in [0.4, 0.5) is 5.69 Å². The molecule has 5 aromatic rings. The molecule has 2 aromatic heterocycles. The Labute approximate surface area is 244 Å². The molecule has 1 amide bonds. The predicted octanol–water partition coefficient (Wildman–Crippen LogP) is 5.14. The lowest BCUT2D eigenvalue weighted by Gasteiger charge is -2.25. The van der Waals surface area contributed by atoms with E-state index >= 15 is 0 Å². The summed E-state index contributed by atoms with van der Waals surface area (Å²) in [7, 11) is 0. The lowest BCUT2D eigenvalue weighted by atomic mass is 9.94. The number of nitrogens with zero attached hydrogens (tertiary/aromatic N) is 2. The van der Waals surface area contributed by atoms with Crippen LogP contribution in [0.5, 0.6) is 0 Å². The lowest BCUT2D eigenvalue weighted by Crippen LogP contribution is -2.40. The number of fused-ring (bicyclic) bond motifs is 1. The maximum Gasteiger partial charge on any atom is 0.335 e. The van der Waals surface area contributed by atoms with E-state index in [1.54, 1.807) is 41.8 Å². The number of carbonyl (C=O) groups excluding carboxylic acids is 1. The molecule has 3 aromatic carbocycles. The van der Waals surface area contributed by atoms with Crippen molar-refractivity contribution in [1.29, 1.82) is 0 Å². The van der Waals surface area contributed by atoms with E-state index < -0.39 is 12.0 Å². The second kappa shape index (κ2) is 10.9. The number of allylic oxidation sites excluding steroid dienone is 1. The van der Waals surface area contributed by atoms with Gasteiger partial charge in [-0.05, 0) is 55.8 Å². The van der Waals surface area contributed by atoms with Crippen molar-refractivity contribution in [2.45, 2.75) is 19.9 Å². The number of nitrogens with one attached hydrogen (secondary N) is 1. The summed E-state index contributed by atoms with van der Waals surface area (Å²) < 4.78 is 7.96. The molecule has 6 rings (SSSR count). The van der Waals surface area contributed by atoms with Gasteiger partial charge in [0.2, 0.25) is 0 Å². The third kappa shape index (κ3) is 5.13. The van der Waals surface area contributed by atoms with Crippen molar-refractivity contribution < 1.29 is 19.1 Å². The van der Waals surface area contributed by atoms with Gasteiger partial charge in [0.1, 0.15) is 11.5 Å². The van der Waals surface area contributed by atoms with Gasteiger partial charge in [-0.3, -0.25) is 14.2 Å². The number of furan rings is 1. The molecule has 0 aliphatic carbocycles. The summed E-state index contributed by atoms with van der Waals surface area (Å²) in [5, 5.41) is 12.1. The highest BCUT2D eigenvalue weighted by atomic mass is 32.1. The summed E-state index contributed by atoms with van der Waals surface area (Å²) in [6.45, 7) is 3.77. The fraction of sp³-hybridized carbons (Fsp3) is 0.0909. The Balaban J connectivity index is 1.42. The van der Waals surface area contributed by atoms with E-state index in [0.717, 1.165) is 11.1 Å². The molecule has 42 heavy (non-hydrogen) atoms. The van der Waals surface area contributed by atoms with Crippen LogP contribution in [0.15, 0.2) is 116 Å². The number of anilines is 1. The number of carboxylic acids is 1. The summed E-state index contributed by atoms with van der Waals surface area (Å²) in [5.41, 5.74) is 4.05. The summed E-state index contributed by atoms with van der Waals surface area (Å²) in [4.78, 5) is 43.9.